The standard InChI is InChI=1S/C17H23NO4S/c1-3-10-21-17(20)14-12-23-16(4-2)18(14)15(19)11-22-13-8-6-5-7-9-13/h5-9,14,16H,3-4,10-12H2,1-2H3. The predicted octanol–water partition coefficient (Wildman–Crippen LogP) is 2.70. The molecule has 6 heteroatoms. The first-order chi connectivity index (χ1) is 11.2. The summed E-state index contributed by atoms with van der Waals surface area (Å²) in [6.45, 7) is 4.27. The molecule has 0 spiro atoms. The number of amides is 1. The summed E-state index contributed by atoms with van der Waals surface area (Å²) in [5.41, 5.74) is 0. The van der Waals surface area contributed by atoms with Gasteiger partial charge in [0.1, 0.15) is 11.8 Å². The fourth-order valence-corrected chi connectivity index (χ4v) is 3.79. The van der Waals surface area contributed by atoms with Crippen molar-refractivity contribution in [2.75, 3.05) is 19.0 Å². The smallest absolute Gasteiger partial charge is 0.329 e. The third-order valence-corrected chi connectivity index (χ3v) is 5.01. The summed E-state index contributed by atoms with van der Waals surface area (Å²) in [6.07, 6.45) is 1.56. The molecule has 0 aromatic heterocycles. The van der Waals surface area contributed by atoms with Gasteiger partial charge < -0.3 is 14.4 Å². The maximum atomic E-state index is 12.6. The fraction of sp³-hybridized carbons (Fsp3) is 0.529. The fourth-order valence-electron chi connectivity index (χ4n) is 2.43. The van der Waals surface area contributed by atoms with Crippen molar-refractivity contribution in [3.05, 3.63) is 30.3 Å². The highest BCUT2D eigenvalue weighted by atomic mass is 32.2. The first-order valence-corrected chi connectivity index (χ1v) is 8.99. The lowest BCUT2D eigenvalue weighted by Gasteiger charge is -2.27. The Labute approximate surface area is 141 Å². The molecular formula is C17H23NO4S. The Morgan fingerprint density at radius 2 is 2.00 bits per heavy atom. The van der Waals surface area contributed by atoms with Gasteiger partial charge in [-0.2, -0.15) is 0 Å². The molecular weight excluding hydrogens is 314 g/mol. The van der Waals surface area contributed by atoms with Crippen LogP contribution in [0.3, 0.4) is 0 Å². The molecule has 1 aromatic carbocycles. The van der Waals surface area contributed by atoms with E-state index in [4.69, 9.17) is 9.47 Å². The Hall–Kier alpha value is -1.69. The summed E-state index contributed by atoms with van der Waals surface area (Å²) < 4.78 is 10.8. The van der Waals surface area contributed by atoms with Gasteiger partial charge in [0.15, 0.2) is 6.61 Å². The monoisotopic (exact) mass is 337 g/mol. The van der Waals surface area contributed by atoms with Gasteiger partial charge in [-0.15, -0.1) is 11.8 Å². The molecule has 1 heterocycles. The third-order valence-electron chi connectivity index (χ3n) is 3.56. The van der Waals surface area contributed by atoms with Crippen LogP contribution >= 0.6 is 11.8 Å². The van der Waals surface area contributed by atoms with Crippen LogP contribution in [-0.4, -0.2) is 47.2 Å². The largest absolute Gasteiger partial charge is 0.484 e. The second-order valence-corrected chi connectivity index (χ2v) is 6.49. The van der Waals surface area contributed by atoms with Gasteiger partial charge in [0.25, 0.3) is 5.91 Å². The number of nitrogens with zero attached hydrogens (tertiary/aromatic N) is 1. The highest BCUT2D eigenvalue weighted by Gasteiger charge is 2.41. The van der Waals surface area contributed by atoms with Crippen molar-refractivity contribution >= 4 is 23.6 Å². The average molecular weight is 337 g/mol. The highest BCUT2D eigenvalue weighted by Crippen LogP contribution is 2.32. The first kappa shape index (κ1) is 17.7. The molecule has 0 saturated carbocycles. The molecule has 1 aromatic rings. The van der Waals surface area contributed by atoms with Gasteiger partial charge in [-0.25, -0.2) is 4.79 Å². The lowest BCUT2D eigenvalue weighted by molar-refractivity contribution is -0.154. The van der Waals surface area contributed by atoms with Crippen LogP contribution in [0.15, 0.2) is 30.3 Å². The van der Waals surface area contributed by atoms with E-state index in [1.54, 1.807) is 28.8 Å². The van der Waals surface area contributed by atoms with Crippen LogP contribution < -0.4 is 4.74 Å². The SMILES string of the molecule is CCCOC(=O)C1CSC(CC)N1C(=O)COc1ccccc1. The topological polar surface area (TPSA) is 55.8 Å². The van der Waals surface area contributed by atoms with Gasteiger partial charge in [0, 0.05) is 5.75 Å². The Morgan fingerprint density at radius 3 is 2.65 bits per heavy atom. The lowest BCUT2D eigenvalue weighted by Crippen LogP contribution is -2.48. The molecule has 0 aliphatic carbocycles. The molecule has 2 rings (SSSR count). The number of ether oxygens (including phenoxy) is 2. The number of hydrogen-bond donors (Lipinski definition) is 0. The summed E-state index contributed by atoms with van der Waals surface area (Å²) >= 11 is 1.62. The van der Waals surface area contributed by atoms with Crippen LogP contribution in [0.25, 0.3) is 0 Å². The van der Waals surface area contributed by atoms with Crippen molar-refractivity contribution in [2.45, 2.75) is 38.1 Å². The Kier molecular flexibility index (Phi) is 6.77. The maximum absolute atomic E-state index is 12.6. The molecule has 0 radical (unpaired) electrons. The van der Waals surface area contributed by atoms with Crippen molar-refractivity contribution < 1.29 is 19.1 Å². The van der Waals surface area contributed by atoms with Crippen LogP contribution in [0.5, 0.6) is 5.75 Å². The lowest BCUT2D eigenvalue weighted by atomic mass is 10.2. The zero-order chi connectivity index (χ0) is 16.7. The van der Waals surface area contributed by atoms with Crippen LogP contribution in [0, 0.1) is 0 Å². The van der Waals surface area contributed by atoms with Crippen molar-refractivity contribution in [3.8, 4) is 5.75 Å². The zero-order valence-corrected chi connectivity index (χ0v) is 14.4. The summed E-state index contributed by atoms with van der Waals surface area (Å²) in [6, 6.07) is 8.69. The molecule has 1 amide bonds. The van der Waals surface area contributed by atoms with Crippen LogP contribution in [0.4, 0.5) is 0 Å². The van der Waals surface area contributed by atoms with Gasteiger partial charge >= 0.3 is 5.97 Å². The number of esters is 1. The number of carbonyl (C=O) groups excluding carboxylic acids is 2. The van der Waals surface area contributed by atoms with Crippen molar-refractivity contribution in [3.63, 3.8) is 0 Å². The minimum Gasteiger partial charge on any atom is -0.484 e. The average Bonchev–Trinajstić information content (AvgIpc) is 3.02. The van der Waals surface area contributed by atoms with E-state index in [-0.39, 0.29) is 23.9 Å². The quantitative estimate of drug-likeness (QED) is 0.716. The second-order valence-electron chi connectivity index (χ2n) is 5.28. The van der Waals surface area contributed by atoms with Gasteiger partial charge in [-0.3, -0.25) is 4.79 Å². The number of thioether (sulfide) groups is 1. The summed E-state index contributed by atoms with van der Waals surface area (Å²) in [5.74, 6) is 0.733. The molecule has 2 atom stereocenters. The second kappa shape index (κ2) is 8.82. The Morgan fingerprint density at radius 1 is 1.26 bits per heavy atom. The minimum absolute atomic E-state index is 0.000972. The van der Waals surface area contributed by atoms with E-state index in [1.165, 1.54) is 0 Å². The number of para-hydroxylation sites is 1. The van der Waals surface area contributed by atoms with E-state index in [2.05, 4.69) is 0 Å². The summed E-state index contributed by atoms with van der Waals surface area (Å²) in [5, 5.41) is 0.000972. The Bertz CT molecular complexity index is 523. The highest BCUT2D eigenvalue weighted by molar-refractivity contribution is 8.00. The number of benzene rings is 1. The van der Waals surface area contributed by atoms with Crippen molar-refractivity contribution in [2.24, 2.45) is 0 Å². The zero-order valence-electron chi connectivity index (χ0n) is 13.6. The number of carbonyl (C=O) groups is 2. The molecule has 0 bridgehead atoms. The van der Waals surface area contributed by atoms with Crippen molar-refractivity contribution in [1.82, 2.24) is 4.90 Å². The number of rotatable bonds is 7. The first-order valence-electron chi connectivity index (χ1n) is 7.94. The normalized spacial score (nSPS) is 20.3. The van der Waals surface area contributed by atoms with E-state index >= 15 is 0 Å². The van der Waals surface area contributed by atoms with Crippen LogP contribution in [-0.2, 0) is 14.3 Å². The number of hydrogen-bond acceptors (Lipinski definition) is 5. The van der Waals surface area contributed by atoms with E-state index in [9.17, 15) is 9.59 Å². The van der Waals surface area contributed by atoms with Gasteiger partial charge in [0.05, 0.1) is 12.0 Å². The van der Waals surface area contributed by atoms with E-state index in [0.29, 0.717) is 18.1 Å². The van der Waals surface area contributed by atoms with Gasteiger partial charge in [0.2, 0.25) is 0 Å². The molecule has 2 unspecified atom stereocenters. The molecule has 1 saturated heterocycles. The minimum atomic E-state index is -0.511. The van der Waals surface area contributed by atoms with Crippen LogP contribution in [0.2, 0.25) is 0 Å². The molecule has 1 fully saturated rings. The van der Waals surface area contributed by atoms with E-state index in [1.807, 2.05) is 32.0 Å². The van der Waals surface area contributed by atoms with Gasteiger partial charge in [-0.05, 0) is 25.0 Å². The van der Waals surface area contributed by atoms with E-state index < -0.39 is 6.04 Å². The molecule has 1 aliphatic heterocycles. The van der Waals surface area contributed by atoms with Gasteiger partial charge in [-0.1, -0.05) is 32.0 Å². The third kappa shape index (κ3) is 4.64. The molecule has 1 aliphatic rings. The molecule has 5 nitrogen and oxygen atoms in total. The molecule has 23 heavy (non-hydrogen) atoms. The summed E-state index contributed by atoms with van der Waals surface area (Å²) in [4.78, 5) is 26.4. The Balaban J connectivity index is 1.99. The van der Waals surface area contributed by atoms with Crippen molar-refractivity contribution in [1.29, 1.82) is 0 Å². The van der Waals surface area contributed by atoms with Crippen LogP contribution in [0.1, 0.15) is 26.7 Å². The predicted molar refractivity (Wildman–Crippen MR) is 90.4 cm³/mol. The maximum Gasteiger partial charge on any atom is 0.329 e. The molecule has 0 N–H and O–H groups in total. The van der Waals surface area contributed by atoms with E-state index in [0.717, 1.165) is 12.8 Å². The summed E-state index contributed by atoms with van der Waals surface area (Å²) in [7, 11) is 0. The molecule has 126 valence electrons.